The Morgan fingerprint density at radius 1 is 1.58 bits per heavy atom. The summed E-state index contributed by atoms with van der Waals surface area (Å²) in [6.45, 7) is 4.93. The SMILES string of the molecule is Cc1cc(Br)ccc1SCC(=O)N1CCC(C)(O)C1. The minimum Gasteiger partial charge on any atom is -0.388 e. The molecular weight excluding hydrogens is 326 g/mol. The summed E-state index contributed by atoms with van der Waals surface area (Å²) >= 11 is 4.99. The summed E-state index contributed by atoms with van der Waals surface area (Å²) in [6.07, 6.45) is 0.667. The molecule has 1 aromatic carbocycles. The third-order valence-corrected chi connectivity index (χ3v) is 4.95. The normalized spacial score (nSPS) is 22.8. The van der Waals surface area contributed by atoms with Gasteiger partial charge < -0.3 is 10.0 Å². The van der Waals surface area contributed by atoms with E-state index >= 15 is 0 Å². The monoisotopic (exact) mass is 343 g/mol. The molecule has 0 aliphatic carbocycles. The molecule has 1 saturated heterocycles. The average molecular weight is 344 g/mol. The van der Waals surface area contributed by atoms with Gasteiger partial charge in [0.05, 0.1) is 11.4 Å². The van der Waals surface area contributed by atoms with Crippen LogP contribution in [0.2, 0.25) is 0 Å². The second kappa shape index (κ2) is 5.85. The van der Waals surface area contributed by atoms with E-state index in [0.29, 0.717) is 25.3 Å². The first-order chi connectivity index (χ1) is 8.87. The van der Waals surface area contributed by atoms with Gasteiger partial charge in [-0.2, -0.15) is 0 Å². The van der Waals surface area contributed by atoms with Gasteiger partial charge in [0.15, 0.2) is 0 Å². The van der Waals surface area contributed by atoms with Crippen LogP contribution in [0.4, 0.5) is 0 Å². The molecule has 2 rings (SSSR count). The third-order valence-electron chi connectivity index (χ3n) is 3.29. The fourth-order valence-electron chi connectivity index (χ4n) is 2.16. The molecule has 0 radical (unpaired) electrons. The van der Waals surface area contributed by atoms with Crippen molar-refractivity contribution >= 4 is 33.6 Å². The maximum absolute atomic E-state index is 12.1. The van der Waals surface area contributed by atoms with Crippen LogP contribution in [0.15, 0.2) is 27.6 Å². The number of aliphatic hydroxyl groups is 1. The Balaban J connectivity index is 1.90. The van der Waals surface area contributed by atoms with Crippen LogP contribution in [0.25, 0.3) is 0 Å². The van der Waals surface area contributed by atoms with Crippen molar-refractivity contribution in [1.29, 1.82) is 0 Å². The van der Waals surface area contributed by atoms with Gasteiger partial charge in [-0.05, 0) is 44.0 Å². The summed E-state index contributed by atoms with van der Waals surface area (Å²) in [6, 6.07) is 6.06. The van der Waals surface area contributed by atoms with Crippen molar-refractivity contribution in [2.45, 2.75) is 30.8 Å². The molecule has 1 aliphatic rings. The molecule has 19 heavy (non-hydrogen) atoms. The van der Waals surface area contributed by atoms with Gasteiger partial charge >= 0.3 is 0 Å². The lowest BCUT2D eigenvalue weighted by Gasteiger charge is -2.19. The molecule has 1 atom stereocenters. The highest BCUT2D eigenvalue weighted by atomic mass is 79.9. The van der Waals surface area contributed by atoms with E-state index in [2.05, 4.69) is 15.9 Å². The summed E-state index contributed by atoms with van der Waals surface area (Å²) in [5.41, 5.74) is 0.453. The van der Waals surface area contributed by atoms with E-state index < -0.39 is 5.60 Å². The van der Waals surface area contributed by atoms with Gasteiger partial charge in [-0.3, -0.25) is 4.79 Å². The van der Waals surface area contributed by atoms with Crippen molar-refractivity contribution in [1.82, 2.24) is 4.90 Å². The van der Waals surface area contributed by atoms with E-state index in [0.717, 1.165) is 9.37 Å². The van der Waals surface area contributed by atoms with Gasteiger partial charge in [0.1, 0.15) is 0 Å². The van der Waals surface area contributed by atoms with Crippen molar-refractivity contribution in [2.75, 3.05) is 18.8 Å². The fraction of sp³-hybridized carbons (Fsp3) is 0.500. The number of carbonyl (C=O) groups is 1. The minimum atomic E-state index is -0.714. The number of hydrogen-bond donors (Lipinski definition) is 1. The molecule has 1 heterocycles. The van der Waals surface area contributed by atoms with E-state index in [-0.39, 0.29) is 5.91 Å². The number of hydrogen-bond acceptors (Lipinski definition) is 3. The van der Waals surface area contributed by atoms with Crippen molar-refractivity contribution in [3.8, 4) is 0 Å². The lowest BCUT2D eigenvalue weighted by Crippen LogP contribution is -2.34. The molecule has 0 aromatic heterocycles. The summed E-state index contributed by atoms with van der Waals surface area (Å²) in [5.74, 6) is 0.531. The van der Waals surface area contributed by atoms with Crippen LogP contribution in [-0.4, -0.2) is 40.4 Å². The molecule has 1 aliphatic heterocycles. The third kappa shape index (κ3) is 3.97. The number of β-amino-alcohol motifs (C(OH)–C–C–N with tert-alkyl or cyclic N) is 1. The Hall–Kier alpha value is -0.520. The molecule has 1 amide bonds. The summed E-state index contributed by atoms with van der Waals surface area (Å²) in [5, 5.41) is 9.87. The van der Waals surface area contributed by atoms with Crippen LogP contribution < -0.4 is 0 Å². The van der Waals surface area contributed by atoms with Crippen molar-refractivity contribution in [3.63, 3.8) is 0 Å². The first-order valence-corrected chi connectivity index (χ1v) is 8.04. The molecule has 0 spiro atoms. The van der Waals surface area contributed by atoms with Gasteiger partial charge in [0, 0.05) is 22.5 Å². The molecule has 3 nitrogen and oxygen atoms in total. The Kier molecular flexibility index (Phi) is 4.58. The number of halogens is 1. The van der Waals surface area contributed by atoms with Crippen molar-refractivity contribution in [3.05, 3.63) is 28.2 Å². The predicted octanol–water partition coefficient (Wildman–Crippen LogP) is 2.83. The topological polar surface area (TPSA) is 40.5 Å². The first-order valence-electron chi connectivity index (χ1n) is 6.26. The largest absolute Gasteiger partial charge is 0.388 e. The smallest absolute Gasteiger partial charge is 0.233 e. The van der Waals surface area contributed by atoms with Crippen molar-refractivity contribution in [2.24, 2.45) is 0 Å². The number of thioether (sulfide) groups is 1. The number of amides is 1. The molecular formula is C14H18BrNO2S. The maximum atomic E-state index is 12.1. The molecule has 1 unspecified atom stereocenters. The Labute approximate surface area is 126 Å². The van der Waals surface area contributed by atoms with E-state index in [4.69, 9.17) is 0 Å². The van der Waals surface area contributed by atoms with Gasteiger partial charge in [0.25, 0.3) is 0 Å². The lowest BCUT2D eigenvalue weighted by atomic mass is 10.1. The van der Waals surface area contributed by atoms with Gasteiger partial charge in [-0.1, -0.05) is 15.9 Å². The number of aryl methyl sites for hydroxylation is 1. The molecule has 5 heteroatoms. The Morgan fingerprint density at radius 2 is 2.32 bits per heavy atom. The predicted molar refractivity (Wildman–Crippen MR) is 81.4 cm³/mol. The van der Waals surface area contributed by atoms with E-state index in [1.807, 2.05) is 25.1 Å². The fourth-order valence-corrected chi connectivity index (χ4v) is 3.55. The maximum Gasteiger partial charge on any atom is 0.233 e. The molecule has 1 fully saturated rings. The second-order valence-electron chi connectivity index (χ2n) is 5.26. The molecule has 0 bridgehead atoms. The summed E-state index contributed by atoms with van der Waals surface area (Å²) < 4.78 is 1.05. The van der Waals surface area contributed by atoms with Crippen LogP contribution in [0.1, 0.15) is 18.9 Å². The molecule has 1 aromatic rings. The van der Waals surface area contributed by atoms with E-state index in [9.17, 15) is 9.90 Å². The standard InChI is InChI=1S/C14H18BrNO2S/c1-10-7-11(15)3-4-12(10)19-8-13(17)16-6-5-14(2,18)9-16/h3-4,7,18H,5-6,8-9H2,1-2H3. The summed E-state index contributed by atoms with van der Waals surface area (Å²) in [7, 11) is 0. The van der Waals surface area contributed by atoms with Crippen LogP contribution >= 0.6 is 27.7 Å². The number of rotatable bonds is 3. The van der Waals surface area contributed by atoms with Crippen LogP contribution in [0.5, 0.6) is 0 Å². The minimum absolute atomic E-state index is 0.102. The van der Waals surface area contributed by atoms with Gasteiger partial charge in [0.2, 0.25) is 5.91 Å². The molecule has 1 N–H and O–H groups in total. The highest BCUT2D eigenvalue weighted by Gasteiger charge is 2.33. The zero-order valence-corrected chi connectivity index (χ0v) is 13.6. The number of carbonyl (C=O) groups excluding carboxylic acids is 1. The molecule has 0 saturated carbocycles. The Bertz CT molecular complexity index is 490. The van der Waals surface area contributed by atoms with Crippen LogP contribution in [-0.2, 0) is 4.79 Å². The number of benzene rings is 1. The zero-order chi connectivity index (χ0) is 14.0. The van der Waals surface area contributed by atoms with Gasteiger partial charge in [-0.25, -0.2) is 0 Å². The average Bonchev–Trinajstić information content (AvgIpc) is 2.68. The van der Waals surface area contributed by atoms with E-state index in [1.165, 1.54) is 5.56 Å². The quantitative estimate of drug-likeness (QED) is 0.858. The van der Waals surface area contributed by atoms with Gasteiger partial charge in [-0.15, -0.1) is 11.8 Å². The zero-order valence-electron chi connectivity index (χ0n) is 11.1. The Morgan fingerprint density at radius 3 is 2.89 bits per heavy atom. The number of likely N-dealkylation sites (tertiary alicyclic amines) is 1. The number of nitrogens with zero attached hydrogens (tertiary/aromatic N) is 1. The van der Waals surface area contributed by atoms with E-state index in [1.54, 1.807) is 23.6 Å². The first kappa shape index (κ1) is 14.9. The van der Waals surface area contributed by atoms with Crippen LogP contribution in [0.3, 0.4) is 0 Å². The highest BCUT2D eigenvalue weighted by molar-refractivity contribution is 9.10. The van der Waals surface area contributed by atoms with Crippen molar-refractivity contribution < 1.29 is 9.90 Å². The summed E-state index contributed by atoms with van der Waals surface area (Å²) in [4.78, 5) is 14.9. The highest BCUT2D eigenvalue weighted by Crippen LogP contribution is 2.27. The second-order valence-corrected chi connectivity index (χ2v) is 7.19. The molecule has 104 valence electrons. The van der Waals surface area contributed by atoms with Crippen LogP contribution in [0, 0.1) is 6.92 Å². The lowest BCUT2D eigenvalue weighted by molar-refractivity contribution is -0.128.